The van der Waals surface area contributed by atoms with Crippen LogP contribution >= 0.6 is 0 Å². The molecule has 86 valence electrons. The third-order valence-corrected chi connectivity index (χ3v) is 3.84. The fourth-order valence-corrected chi connectivity index (χ4v) is 2.61. The molecule has 0 radical (unpaired) electrons. The van der Waals surface area contributed by atoms with Gasteiger partial charge in [0.05, 0.1) is 0 Å². The van der Waals surface area contributed by atoms with Gasteiger partial charge in [-0.25, -0.2) is 0 Å². The van der Waals surface area contributed by atoms with Crippen LogP contribution in [-0.2, 0) is 0 Å². The van der Waals surface area contributed by atoms with E-state index in [1.54, 1.807) is 5.56 Å². The highest BCUT2D eigenvalue weighted by Crippen LogP contribution is 2.41. The summed E-state index contributed by atoms with van der Waals surface area (Å²) in [5.74, 6) is 0.797. The van der Waals surface area contributed by atoms with Crippen LogP contribution < -0.4 is 0 Å². The first kappa shape index (κ1) is 10.6. The molecule has 0 aliphatic heterocycles. The zero-order valence-electron chi connectivity index (χ0n) is 10.3. The summed E-state index contributed by atoms with van der Waals surface area (Å²) in [4.78, 5) is 0. The van der Waals surface area contributed by atoms with Crippen LogP contribution in [0.3, 0.4) is 0 Å². The Morgan fingerprint density at radius 2 is 1.71 bits per heavy atom. The molecule has 0 amide bonds. The standard InChI is InChI=1S/C17H18/c1-13-10-11-16(14-8-5-9-14)17(12-13)15-6-3-2-4-7-15/h2-4,6-7,10-12,14H,5,8-9H2,1H3. The third kappa shape index (κ3) is 2.00. The maximum absolute atomic E-state index is 2.34. The number of benzene rings is 2. The van der Waals surface area contributed by atoms with Gasteiger partial charge in [-0.3, -0.25) is 0 Å². The van der Waals surface area contributed by atoms with E-state index in [0.29, 0.717) is 0 Å². The average Bonchev–Trinajstić information content (AvgIpc) is 2.30. The number of hydrogen-bond donors (Lipinski definition) is 0. The van der Waals surface area contributed by atoms with E-state index >= 15 is 0 Å². The van der Waals surface area contributed by atoms with Crippen LogP contribution in [0.4, 0.5) is 0 Å². The third-order valence-electron chi connectivity index (χ3n) is 3.84. The highest BCUT2D eigenvalue weighted by molar-refractivity contribution is 5.69. The molecule has 0 nitrogen and oxygen atoms in total. The summed E-state index contributed by atoms with van der Waals surface area (Å²) in [5, 5.41) is 0. The Bertz CT molecular complexity index is 507. The maximum atomic E-state index is 2.34. The van der Waals surface area contributed by atoms with Crippen molar-refractivity contribution in [1.82, 2.24) is 0 Å². The van der Waals surface area contributed by atoms with Crippen molar-refractivity contribution < 1.29 is 0 Å². The molecule has 0 atom stereocenters. The van der Waals surface area contributed by atoms with Gasteiger partial charge in [0.25, 0.3) is 0 Å². The van der Waals surface area contributed by atoms with Crippen molar-refractivity contribution in [3.8, 4) is 11.1 Å². The van der Waals surface area contributed by atoms with E-state index in [4.69, 9.17) is 0 Å². The van der Waals surface area contributed by atoms with Gasteiger partial charge in [-0.15, -0.1) is 0 Å². The molecular weight excluding hydrogens is 204 g/mol. The largest absolute Gasteiger partial charge is 0.0622 e. The zero-order chi connectivity index (χ0) is 11.7. The van der Waals surface area contributed by atoms with Gasteiger partial charge in [-0.1, -0.05) is 60.5 Å². The van der Waals surface area contributed by atoms with Crippen LogP contribution in [0.1, 0.15) is 36.3 Å². The lowest BCUT2D eigenvalue weighted by molar-refractivity contribution is 0.420. The predicted octanol–water partition coefficient (Wildman–Crippen LogP) is 4.93. The molecule has 1 saturated carbocycles. The molecule has 0 unspecified atom stereocenters. The summed E-state index contributed by atoms with van der Waals surface area (Å²) in [5.41, 5.74) is 5.70. The first-order valence-electron chi connectivity index (χ1n) is 6.50. The molecule has 2 aromatic carbocycles. The van der Waals surface area contributed by atoms with Crippen molar-refractivity contribution in [3.05, 3.63) is 59.7 Å². The molecule has 1 fully saturated rings. The van der Waals surface area contributed by atoms with E-state index in [2.05, 4.69) is 55.5 Å². The number of hydrogen-bond acceptors (Lipinski definition) is 0. The second-order valence-corrected chi connectivity index (χ2v) is 5.08. The van der Waals surface area contributed by atoms with Gasteiger partial charge in [-0.2, -0.15) is 0 Å². The molecular formula is C17H18. The monoisotopic (exact) mass is 222 g/mol. The van der Waals surface area contributed by atoms with Crippen molar-refractivity contribution in [2.45, 2.75) is 32.1 Å². The van der Waals surface area contributed by atoms with Gasteiger partial charge in [-0.05, 0) is 42.4 Å². The van der Waals surface area contributed by atoms with Gasteiger partial charge in [0, 0.05) is 0 Å². The second-order valence-electron chi connectivity index (χ2n) is 5.08. The van der Waals surface area contributed by atoms with Crippen LogP contribution in [-0.4, -0.2) is 0 Å². The first-order chi connectivity index (χ1) is 8.34. The molecule has 0 saturated heterocycles. The molecule has 2 aromatic rings. The normalized spacial score (nSPS) is 15.6. The van der Waals surface area contributed by atoms with E-state index in [1.807, 2.05) is 0 Å². The molecule has 0 N–H and O–H groups in total. The fourth-order valence-electron chi connectivity index (χ4n) is 2.61. The summed E-state index contributed by atoms with van der Waals surface area (Å²) in [6.45, 7) is 2.18. The molecule has 3 rings (SSSR count). The second kappa shape index (κ2) is 4.37. The van der Waals surface area contributed by atoms with Crippen molar-refractivity contribution >= 4 is 0 Å². The highest BCUT2D eigenvalue weighted by atomic mass is 14.3. The molecule has 0 spiro atoms. The van der Waals surface area contributed by atoms with Crippen LogP contribution in [0.2, 0.25) is 0 Å². The van der Waals surface area contributed by atoms with E-state index < -0.39 is 0 Å². The molecule has 0 bridgehead atoms. The molecule has 0 aromatic heterocycles. The molecule has 1 aliphatic rings. The molecule has 0 heteroatoms. The Morgan fingerprint density at radius 1 is 0.941 bits per heavy atom. The predicted molar refractivity (Wildman–Crippen MR) is 73.2 cm³/mol. The summed E-state index contributed by atoms with van der Waals surface area (Å²) in [6, 6.07) is 17.7. The van der Waals surface area contributed by atoms with Gasteiger partial charge < -0.3 is 0 Å². The summed E-state index contributed by atoms with van der Waals surface area (Å²) >= 11 is 0. The molecule has 17 heavy (non-hydrogen) atoms. The highest BCUT2D eigenvalue weighted by Gasteiger charge is 2.22. The lowest BCUT2D eigenvalue weighted by atomic mass is 9.77. The number of aryl methyl sites for hydroxylation is 1. The minimum Gasteiger partial charge on any atom is -0.0622 e. The van der Waals surface area contributed by atoms with Gasteiger partial charge in [0.2, 0.25) is 0 Å². The Morgan fingerprint density at radius 3 is 2.35 bits per heavy atom. The van der Waals surface area contributed by atoms with Gasteiger partial charge in [0.1, 0.15) is 0 Å². The van der Waals surface area contributed by atoms with Crippen molar-refractivity contribution in [2.75, 3.05) is 0 Å². The Kier molecular flexibility index (Phi) is 2.72. The number of rotatable bonds is 2. The Labute approximate surface area is 103 Å². The lowest BCUT2D eigenvalue weighted by Crippen LogP contribution is -2.10. The Hall–Kier alpha value is -1.56. The van der Waals surface area contributed by atoms with Crippen LogP contribution in [0.25, 0.3) is 11.1 Å². The van der Waals surface area contributed by atoms with Gasteiger partial charge in [0.15, 0.2) is 0 Å². The zero-order valence-corrected chi connectivity index (χ0v) is 10.3. The van der Waals surface area contributed by atoms with Crippen molar-refractivity contribution in [2.24, 2.45) is 0 Å². The molecule has 1 aliphatic carbocycles. The van der Waals surface area contributed by atoms with Crippen LogP contribution in [0.5, 0.6) is 0 Å². The van der Waals surface area contributed by atoms with E-state index in [0.717, 1.165) is 5.92 Å². The van der Waals surface area contributed by atoms with Crippen LogP contribution in [0, 0.1) is 6.92 Å². The first-order valence-corrected chi connectivity index (χ1v) is 6.50. The van der Waals surface area contributed by atoms with Crippen molar-refractivity contribution in [3.63, 3.8) is 0 Å². The van der Waals surface area contributed by atoms with Crippen LogP contribution in [0.15, 0.2) is 48.5 Å². The van der Waals surface area contributed by atoms with E-state index in [-0.39, 0.29) is 0 Å². The summed E-state index contributed by atoms with van der Waals surface area (Å²) < 4.78 is 0. The quantitative estimate of drug-likeness (QED) is 0.676. The smallest absolute Gasteiger partial charge is 0.0146 e. The molecule has 0 heterocycles. The van der Waals surface area contributed by atoms with E-state index in [1.165, 1.54) is 36.0 Å². The minimum absolute atomic E-state index is 0.797. The Balaban J connectivity index is 2.10. The summed E-state index contributed by atoms with van der Waals surface area (Å²) in [6.07, 6.45) is 4.12. The summed E-state index contributed by atoms with van der Waals surface area (Å²) in [7, 11) is 0. The van der Waals surface area contributed by atoms with Crippen molar-refractivity contribution in [1.29, 1.82) is 0 Å². The minimum atomic E-state index is 0.797. The SMILES string of the molecule is Cc1ccc(C2CCC2)c(-c2ccccc2)c1. The maximum Gasteiger partial charge on any atom is -0.0146 e. The van der Waals surface area contributed by atoms with E-state index in [9.17, 15) is 0 Å². The average molecular weight is 222 g/mol. The van der Waals surface area contributed by atoms with Gasteiger partial charge >= 0.3 is 0 Å². The topological polar surface area (TPSA) is 0 Å². The lowest BCUT2D eigenvalue weighted by Gasteiger charge is -2.28. The fraction of sp³-hybridized carbons (Fsp3) is 0.294.